The van der Waals surface area contributed by atoms with E-state index in [-0.39, 0.29) is 17.0 Å². The van der Waals surface area contributed by atoms with Crippen LogP contribution in [-0.2, 0) is 19.6 Å². The van der Waals surface area contributed by atoms with Gasteiger partial charge in [0.1, 0.15) is 0 Å². The molecule has 0 unspecified atom stereocenters. The highest BCUT2D eigenvalue weighted by Gasteiger charge is 2.25. The molecule has 0 aliphatic heterocycles. The summed E-state index contributed by atoms with van der Waals surface area (Å²) in [7, 11) is -3.70. The van der Waals surface area contributed by atoms with Crippen molar-refractivity contribution < 1.29 is 22.7 Å². The number of carbonyl (C=O) groups excluding carboxylic acids is 2. The number of hydrogen-bond donors (Lipinski definition) is 1. The van der Waals surface area contributed by atoms with Gasteiger partial charge in [0, 0.05) is 19.6 Å². The molecule has 0 aliphatic carbocycles. The summed E-state index contributed by atoms with van der Waals surface area (Å²) >= 11 is 0. The van der Waals surface area contributed by atoms with E-state index in [1.807, 2.05) is 0 Å². The molecule has 0 saturated heterocycles. The summed E-state index contributed by atoms with van der Waals surface area (Å²) in [6.07, 6.45) is 0.503. The van der Waals surface area contributed by atoms with Crippen LogP contribution < -0.4 is 5.32 Å². The number of rotatable bonds is 9. The van der Waals surface area contributed by atoms with Crippen LogP contribution in [0.1, 0.15) is 36.7 Å². The second-order valence-electron chi connectivity index (χ2n) is 5.65. The van der Waals surface area contributed by atoms with Gasteiger partial charge in [-0.05, 0) is 31.5 Å². The van der Waals surface area contributed by atoms with Gasteiger partial charge in [0.2, 0.25) is 10.0 Å². The van der Waals surface area contributed by atoms with Gasteiger partial charge >= 0.3 is 5.97 Å². The lowest BCUT2D eigenvalue weighted by molar-refractivity contribution is -0.128. The van der Waals surface area contributed by atoms with E-state index in [9.17, 15) is 18.0 Å². The van der Waals surface area contributed by atoms with Gasteiger partial charge in [-0.15, -0.1) is 6.58 Å². The Hall–Kier alpha value is -2.19. The number of sulfonamides is 1. The number of benzene rings is 1. The van der Waals surface area contributed by atoms with Crippen molar-refractivity contribution in [3.63, 3.8) is 0 Å². The predicted molar refractivity (Wildman–Crippen MR) is 99.4 cm³/mol. The van der Waals surface area contributed by atoms with E-state index in [2.05, 4.69) is 11.9 Å². The predicted octanol–water partition coefficient (Wildman–Crippen LogP) is 1.87. The highest BCUT2D eigenvalue weighted by atomic mass is 32.2. The largest absolute Gasteiger partial charge is 0.449 e. The first-order valence-electron chi connectivity index (χ1n) is 8.39. The molecule has 1 rings (SSSR count). The number of nitrogens with zero attached hydrogens (tertiary/aromatic N) is 1. The van der Waals surface area contributed by atoms with Crippen LogP contribution in [0.4, 0.5) is 0 Å². The van der Waals surface area contributed by atoms with Gasteiger partial charge < -0.3 is 10.1 Å². The molecule has 1 aromatic rings. The van der Waals surface area contributed by atoms with Crippen LogP contribution in [0.2, 0.25) is 0 Å². The minimum atomic E-state index is -3.70. The zero-order valence-corrected chi connectivity index (χ0v) is 16.4. The van der Waals surface area contributed by atoms with E-state index in [0.29, 0.717) is 18.7 Å². The maximum Gasteiger partial charge on any atom is 0.339 e. The molecule has 1 atom stereocenters. The topological polar surface area (TPSA) is 92.8 Å². The number of aryl methyl sites for hydroxylation is 1. The summed E-state index contributed by atoms with van der Waals surface area (Å²) in [5.41, 5.74) is 0.675. The molecule has 0 saturated carbocycles. The lowest BCUT2D eigenvalue weighted by atomic mass is 10.1. The molecule has 8 heteroatoms. The zero-order valence-electron chi connectivity index (χ0n) is 15.6. The van der Waals surface area contributed by atoms with E-state index in [1.54, 1.807) is 26.8 Å². The molecule has 0 radical (unpaired) electrons. The number of nitrogens with one attached hydrogen (secondary N) is 1. The van der Waals surface area contributed by atoms with Crippen LogP contribution in [0, 0.1) is 6.92 Å². The molecule has 1 aromatic carbocycles. The number of carbonyl (C=O) groups is 2. The maximum atomic E-state index is 12.6. The molecular formula is C18H26N2O5S. The van der Waals surface area contributed by atoms with E-state index in [4.69, 9.17) is 4.74 Å². The van der Waals surface area contributed by atoms with E-state index in [1.165, 1.54) is 29.4 Å². The molecule has 1 N–H and O–H groups in total. The quantitative estimate of drug-likeness (QED) is 0.520. The lowest BCUT2D eigenvalue weighted by Gasteiger charge is -2.19. The number of hydrogen-bond acceptors (Lipinski definition) is 5. The van der Waals surface area contributed by atoms with Crippen LogP contribution >= 0.6 is 0 Å². The summed E-state index contributed by atoms with van der Waals surface area (Å²) in [5.74, 6) is -1.21. The Balaban J connectivity index is 3.08. The highest BCUT2D eigenvalue weighted by Crippen LogP contribution is 2.20. The summed E-state index contributed by atoms with van der Waals surface area (Å²) in [4.78, 5) is 24.2. The van der Waals surface area contributed by atoms with Gasteiger partial charge in [0.05, 0.1) is 10.5 Å². The maximum absolute atomic E-state index is 12.6. The number of amides is 1. The van der Waals surface area contributed by atoms with Gasteiger partial charge in [0.25, 0.3) is 5.91 Å². The first-order chi connectivity index (χ1) is 12.2. The van der Waals surface area contributed by atoms with Crippen molar-refractivity contribution in [3.05, 3.63) is 42.0 Å². The van der Waals surface area contributed by atoms with Gasteiger partial charge in [-0.2, -0.15) is 4.31 Å². The normalized spacial score (nSPS) is 12.5. The van der Waals surface area contributed by atoms with Crippen LogP contribution in [0.5, 0.6) is 0 Å². The van der Waals surface area contributed by atoms with Crippen molar-refractivity contribution in [2.75, 3.05) is 19.6 Å². The van der Waals surface area contributed by atoms with Crippen molar-refractivity contribution in [2.24, 2.45) is 0 Å². The first kappa shape index (κ1) is 21.9. The van der Waals surface area contributed by atoms with E-state index >= 15 is 0 Å². The van der Waals surface area contributed by atoms with Crippen molar-refractivity contribution in [1.82, 2.24) is 9.62 Å². The third-order valence-corrected chi connectivity index (χ3v) is 5.89. The Labute approximate surface area is 155 Å². The number of esters is 1. The Morgan fingerprint density at radius 2 is 1.92 bits per heavy atom. The highest BCUT2D eigenvalue weighted by molar-refractivity contribution is 7.89. The monoisotopic (exact) mass is 382 g/mol. The fourth-order valence-corrected chi connectivity index (χ4v) is 3.77. The zero-order chi connectivity index (χ0) is 19.9. The third-order valence-electron chi connectivity index (χ3n) is 3.85. The molecule has 0 aromatic heterocycles. The fraction of sp³-hybridized carbons (Fsp3) is 0.444. The van der Waals surface area contributed by atoms with Crippen LogP contribution in [-0.4, -0.2) is 50.3 Å². The first-order valence-corrected chi connectivity index (χ1v) is 9.83. The van der Waals surface area contributed by atoms with Crippen LogP contribution in [0.15, 0.2) is 35.7 Å². The summed E-state index contributed by atoms with van der Waals surface area (Å²) in [6.45, 7) is 11.0. The minimum absolute atomic E-state index is 0.0162. The molecule has 26 heavy (non-hydrogen) atoms. The van der Waals surface area contributed by atoms with E-state index < -0.39 is 28.0 Å². The Morgan fingerprint density at radius 3 is 2.46 bits per heavy atom. The van der Waals surface area contributed by atoms with Gasteiger partial charge in [-0.3, -0.25) is 4.79 Å². The van der Waals surface area contributed by atoms with Crippen LogP contribution in [0.25, 0.3) is 0 Å². The Bertz CT molecular complexity index is 770. The SMILES string of the molecule is C=CCNC(=O)[C@@H](C)OC(=O)c1cc(S(=O)(=O)N(CC)CC)ccc1C. The molecule has 1 amide bonds. The number of ether oxygens (including phenoxy) is 1. The van der Waals surface area contributed by atoms with Gasteiger partial charge in [-0.1, -0.05) is 26.0 Å². The molecule has 0 heterocycles. The Morgan fingerprint density at radius 1 is 1.31 bits per heavy atom. The minimum Gasteiger partial charge on any atom is -0.449 e. The average molecular weight is 382 g/mol. The molecule has 0 spiro atoms. The third kappa shape index (κ3) is 5.15. The lowest BCUT2D eigenvalue weighted by Crippen LogP contribution is -2.36. The average Bonchev–Trinajstić information content (AvgIpc) is 2.60. The second kappa shape index (κ2) is 9.49. The van der Waals surface area contributed by atoms with Crippen molar-refractivity contribution >= 4 is 21.9 Å². The van der Waals surface area contributed by atoms with E-state index in [0.717, 1.165) is 0 Å². The summed E-state index contributed by atoms with van der Waals surface area (Å²) in [6, 6.07) is 4.30. The van der Waals surface area contributed by atoms with Gasteiger partial charge in [-0.25, -0.2) is 13.2 Å². The summed E-state index contributed by atoms with van der Waals surface area (Å²) < 4.78 is 31.7. The molecular weight excluding hydrogens is 356 g/mol. The standard InChI is InChI=1S/C18H26N2O5S/c1-6-11-19-17(21)14(5)25-18(22)16-12-15(10-9-13(16)4)26(23,24)20(7-2)8-3/h6,9-10,12,14H,1,7-8,11H2,2-5H3,(H,19,21)/t14-/m1/s1. The fourth-order valence-electron chi connectivity index (χ4n) is 2.29. The second-order valence-corrected chi connectivity index (χ2v) is 7.59. The molecule has 0 bridgehead atoms. The van der Waals surface area contributed by atoms with Crippen molar-refractivity contribution in [2.45, 2.75) is 38.7 Å². The molecule has 0 aliphatic rings. The molecule has 7 nitrogen and oxygen atoms in total. The smallest absolute Gasteiger partial charge is 0.339 e. The Kier molecular flexibility index (Phi) is 7.98. The molecule has 144 valence electrons. The van der Waals surface area contributed by atoms with Crippen LogP contribution in [0.3, 0.4) is 0 Å². The summed E-state index contributed by atoms with van der Waals surface area (Å²) in [5, 5.41) is 2.53. The van der Waals surface area contributed by atoms with Gasteiger partial charge in [0.15, 0.2) is 6.10 Å². The van der Waals surface area contributed by atoms with Crippen molar-refractivity contribution in [3.8, 4) is 0 Å². The molecule has 0 fully saturated rings. The van der Waals surface area contributed by atoms with Crippen molar-refractivity contribution in [1.29, 1.82) is 0 Å².